The number of carbonyl (C=O) groups is 4. The van der Waals surface area contributed by atoms with Crippen molar-refractivity contribution in [2.75, 3.05) is 12.4 Å². The van der Waals surface area contributed by atoms with Crippen molar-refractivity contribution in [3.63, 3.8) is 0 Å². The molecule has 11 heteroatoms. The molecule has 0 fully saturated rings. The van der Waals surface area contributed by atoms with Crippen LogP contribution in [0.15, 0.2) is 0 Å². The van der Waals surface area contributed by atoms with Crippen molar-refractivity contribution < 1.29 is 29.4 Å². The number of aliphatic hydroxyl groups is 1. The van der Waals surface area contributed by atoms with Crippen molar-refractivity contribution in [2.45, 2.75) is 51.4 Å². The molecule has 10 nitrogen and oxygen atoms in total. The molecule has 0 aliphatic heterocycles. The molecule has 0 radical (unpaired) electrons. The summed E-state index contributed by atoms with van der Waals surface area (Å²) in [6.07, 6.45) is 0.236. The summed E-state index contributed by atoms with van der Waals surface area (Å²) in [4.78, 5) is 47.1. The fourth-order valence-corrected chi connectivity index (χ4v) is 2.18. The lowest BCUT2D eigenvalue weighted by atomic mass is 10.0. The standard InChI is InChI=1S/C15H28N4O6S/c1-7(2)4-10(15(24)25)18-14(23)11(6-26)19-12(21)8(3)17-13(22)9(16)5-20/h7-11,20,26H,4-6,16H2,1-3H3,(H,17,22)(H,18,23)(H,19,21)(H,24,25). The minimum atomic E-state index is -1.17. The molecule has 4 atom stereocenters. The largest absolute Gasteiger partial charge is 0.480 e. The van der Waals surface area contributed by atoms with E-state index in [1.165, 1.54) is 6.92 Å². The summed E-state index contributed by atoms with van der Waals surface area (Å²) >= 11 is 4.00. The Balaban J connectivity index is 4.80. The molecule has 26 heavy (non-hydrogen) atoms. The van der Waals surface area contributed by atoms with Crippen LogP contribution >= 0.6 is 12.6 Å². The zero-order valence-corrected chi connectivity index (χ0v) is 16.0. The Kier molecular flexibility index (Phi) is 10.9. The van der Waals surface area contributed by atoms with Gasteiger partial charge in [0, 0.05) is 5.75 Å². The number of carboxylic acids is 1. The van der Waals surface area contributed by atoms with Gasteiger partial charge in [0.2, 0.25) is 17.7 Å². The molecule has 0 aliphatic carbocycles. The Labute approximate surface area is 157 Å². The predicted octanol–water partition coefficient (Wildman–Crippen LogP) is -2.16. The Hall–Kier alpha value is -1.85. The molecular weight excluding hydrogens is 364 g/mol. The Morgan fingerprint density at radius 2 is 1.50 bits per heavy atom. The smallest absolute Gasteiger partial charge is 0.326 e. The van der Waals surface area contributed by atoms with Crippen molar-refractivity contribution in [1.29, 1.82) is 0 Å². The highest BCUT2D eigenvalue weighted by Gasteiger charge is 2.28. The number of aliphatic hydroxyl groups excluding tert-OH is 1. The van der Waals surface area contributed by atoms with Crippen LogP contribution < -0.4 is 21.7 Å². The first-order chi connectivity index (χ1) is 12.0. The SMILES string of the molecule is CC(C)CC(NC(=O)C(CS)NC(=O)C(C)NC(=O)C(N)CO)C(=O)O. The number of amides is 3. The van der Waals surface area contributed by atoms with Gasteiger partial charge >= 0.3 is 5.97 Å². The molecule has 150 valence electrons. The number of hydrogen-bond acceptors (Lipinski definition) is 7. The first-order valence-electron chi connectivity index (χ1n) is 8.14. The van der Waals surface area contributed by atoms with Gasteiger partial charge in [-0.25, -0.2) is 4.79 Å². The average Bonchev–Trinajstić information content (AvgIpc) is 2.56. The van der Waals surface area contributed by atoms with Gasteiger partial charge in [-0.2, -0.15) is 12.6 Å². The van der Waals surface area contributed by atoms with Gasteiger partial charge in [-0.1, -0.05) is 13.8 Å². The van der Waals surface area contributed by atoms with Crippen LogP contribution in [-0.4, -0.2) is 70.4 Å². The third-order valence-electron chi connectivity index (χ3n) is 3.42. The van der Waals surface area contributed by atoms with Gasteiger partial charge in [0.15, 0.2) is 0 Å². The summed E-state index contributed by atoms with van der Waals surface area (Å²) in [5.74, 6) is -3.27. The number of thiol groups is 1. The van der Waals surface area contributed by atoms with Crippen LogP contribution in [0.5, 0.6) is 0 Å². The minimum absolute atomic E-state index is 0.0476. The van der Waals surface area contributed by atoms with Gasteiger partial charge < -0.3 is 31.9 Å². The first-order valence-corrected chi connectivity index (χ1v) is 8.77. The number of carboxylic acid groups (broad SMARTS) is 1. The molecule has 0 aromatic carbocycles. The molecule has 0 aliphatic rings. The molecule has 0 saturated heterocycles. The quantitative estimate of drug-likeness (QED) is 0.196. The molecular formula is C15H28N4O6S. The number of rotatable bonds is 11. The lowest BCUT2D eigenvalue weighted by Gasteiger charge is -2.23. The summed E-state index contributed by atoms with van der Waals surface area (Å²) in [5.41, 5.74) is 5.34. The van der Waals surface area contributed by atoms with E-state index in [1.807, 2.05) is 13.8 Å². The van der Waals surface area contributed by atoms with E-state index in [2.05, 4.69) is 28.6 Å². The minimum Gasteiger partial charge on any atom is -0.480 e. The van der Waals surface area contributed by atoms with Gasteiger partial charge in [0.1, 0.15) is 24.2 Å². The van der Waals surface area contributed by atoms with Crippen molar-refractivity contribution in [1.82, 2.24) is 16.0 Å². The topological polar surface area (TPSA) is 171 Å². The van der Waals surface area contributed by atoms with Crippen LogP contribution in [0.4, 0.5) is 0 Å². The van der Waals surface area contributed by atoms with Crippen LogP contribution in [0.2, 0.25) is 0 Å². The van der Waals surface area contributed by atoms with E-state index in [0.717, 1.165) is 0 Å². The molecule has 0 aromatic rings. The average molecular weight is 392 g/mol. The van der Waals surface area contributed by atoms with E-state index in [0.29, 0.717) is 0 Å². The maximum absolute atomic E-state index is 12.2. The fraction of sp³-hybridized carbons (Fsp3) is 0.733. The monoisotopic (exact) mass is 392 g/mol. The van der Waals surface area contributed by atoms with Gasteiger partial charge in [-0.15, -0.1) is 0 Å². The number of nitrogens with one attached hydrogen (secondary N) is 3. The van der Waals surface area contributed by atoms with Gasteiger partial charge in [0.05, 0.1) is 6.61 Å². The highest BCUT2D eigenvalue weighted by molar-refractivity contribution is 7.80. The van der Waals surface area contributed by atoms with E-state index in [9.17, 15) is 19.2 Å². The van der Waals surface area contributed by atoms with E-state index in [1.54, 1.807) is 0 Å². The molecule has 7 N–H and O–H groups in total. The molecule has 0 bridgehead atoms. The predicted molar refractivity (Wildman–Crippen MR) is 97.5 cm³/mol. The van der Waals surface area contributed by atoms with Crippen molar-refractivity contribution in [3.05, 3.63) is 0 Å². The van der Waals surface area contributed by atoms with E-state index in [4.69, 9.17) is 15.9 Å². The molecule has 0 rings (SSSR count). The molecule has 0 saturated carbocycles. The zero-order chi connectivity index (χ0) is 20.4. The van der Waals surface area contributed by atoms with Crippen LogP contribution in [0, 0.1) is 5.92 Å². The van der Waals surface area contributed by atoms with Crippen LogP contribution in [0.25, 0.3) is 0 Å². The second-order valence-electron chi connectivity index (χ2n) is 6.29. The lowest BCUT2D eigenvalue weighted by Crippen LogP contribution is -2.57. The summed E-state index contributed by atoms with van der Waals surface area (Å²) < 4.78 is 0. The zero-order valence-electron chi connectivity index (χ0n) is 15.1. The summed E-state index contributed by atoms with van der Waals surface area (Å²) in [7, 11) is 0. The number of aliphatic carboxylic acids is 1. The number of nitrogens with two attached hydrogens (primary N) is 1. The Bertz CT molecular complexity index is 516. The van der Waals surface area contributed by atoms with Gasteiger partial charge in [0.25, 0.3) is 0 Å². The molecule has 0 spiro atoms. The lowest BCUT2D eigenvalue weighted by molar-refractivity contribution is -0.142. The molecule has 0 aromatic heterocycles. The van der Waals surface area contributed by atoms with Crippen LogP contribution in [-0.2, 0) is 19.2 Å². The summed E-state index contributed by atoms with van der Waals surface area (Å²) in [5, 5.41) is 25.0. The van der Waals surface area contributed by atoms with Gasteiger partial charge in [-0.05, 0) is 19.3 Å². The third kappa shape index (κ3) is 8.50. The molecule has 4 unspecified atom stereocenters. The van der Waals surface area contributed by atoms with E-state index in [-0.39, 0.29) is 18.1 Å². The van der Waals surface area contributed by atoms with E-state index >= 15 is 0 Å². The number of hydrogen-bond donors (Lipinski definition) is 7. The third-order valence-corrected chi connectivity index (χ3v) is 3.79. The Morgan fingerprint density at radius 1 is 0.962 bits per heavy atom. The van der Waals surface area contributed by atoms with Gasteiger partial charge in [-0.3, -0.25) is 14.4 Å². The highest BCUT2D eigenvalue weighted by atomic mass is 32.1. The maximum atomic E-state index is 12.2. The summed E-state index contributed by atoms with van der Waals surface area (Å²) in [6, 6.07) is -4.34. The van der Waals surface area contributed by atoms with Crippen molar-refractivity contribution >= 4 is 36.3 Å². The summed E-state index contributed by atoms with van der Waals surface area (Å²) in [6.45, 7) is 4.45. The fourth-order valence-electron chi connectivity index (χ4n) is 1.92. The first kappa shape index (κ1) is 24.1. The van der Waals surface area contributed by atoms with E-state index < -0.39 is 54.5 Å². The second kappa shape index (κ2) is 11.7. The van der Waals surface area contributed by atoms with Crippen LogP contribution in [0.3, 0.4) is 0 Å². The second-order valence-corrected chi connectivity index (χ2v) is 6.66. The molecule has 3 amide bonds. The van der Waals surface area contributed by atoms with Crippen molar-refractivity contribution in [3.8, 4) is 0 Å². The van der Waals surface area contributed by atoms with Crippen LogP contribution in [0.1, 0.15) is 27.2 Å². The van der Waals surface area contributed by atoms with Crippen molar-refractivity contribution in [2.24, 2.45) is 11.7 Å². The highest BCUT2D eigenvalue weighted by Crippen LogP contribution is 2.05. The normalized spacial score (nSPS) is 15.5. The Morgan fingerprint density at radius 3 is 1.92 bits per heavy atom. The number of carbonyl (C=O) groups excluding carboxylic acids is 3. The molecule has 0 heterocycles. The maximum Gasteiger partial charge on any atom is 0.326 e.